The second-order valence-electron chi connectivity index (χ2n) is 13.2. The van der Waals surface area contributed by atoms with Crippen LogP contribution in [0.15, 0.2) is 12.2 Å². The third-order valence-corrected chi connectivity index (χ3v) is 12.9. The van der Waals surface area contributed by atoms with E-state index in [1.54, 1.807) is 0 Å². The van der Waals surface area contributed by atoms with Crippen LogP contribution in [-0.4, -0.2) is 86.9 Å². The van der Waals surface area contributed by atoms with Crippen LogP contribution < -0.4 is 26.6 Å². The molecule has 0 aliphatic rings. The fraction of sp³-hybridized carbons (Fsp3) is 0.833. The van der Waals surface area contributed by atoms with Gasteiger partial charge in [-0.1, -0.05) is 52.0 Å². The van der Waals surface area contributed by atoms with Crippen LogP contribution in [0.2, 0.25) is 26.2 Å². The van der Waals surface area contributed by atoms with Gasteiger partial charge in [-0.2, -0.15) is 0 Å². The third-order valence-electron chi connectivity index (χ3n) is 6.77. The lowest BCUT2D eigenvalue weighted by molar-refractivity contribution is 0.155. The Morgan fingerprint density at radius 2 is 1.09 bits per heavy atom. The van der Waals surface area contributed by atoms with Crippen LogP contribution in [0, 0.1) is 0 Å². The summed E-state index contributed by atoms with van der Waals surface area (Å²) in [7, 11) is -2.64. The molecular weight excluding hydrogens is 593 g/mol. The van der Waals surface area contributed by atoms with Crippen LogP contribution in [0.3, 0.4) is 0 Å². The smallest absolute Gasteiger partial charge is 0.406 e. The van der Waals surface area contributed by atoms with Crippen LogP contribution in [0.25, 0.3) is 0 Å². The molecule has 256 valence electrons. The molecule has 0 saturated heterocycles. The molecule has 5 N–H and O–H groups in total. The minimum atomic E-state index is -2.30. The van der Waals surface area contributed by atoms with E-state index in [-0.39, 0.29) is 24.5 Å². The molecule has 14 heteroatoms. The summed E-state index contributed by atoms with van der Waals surface area (Å²) >= 11 is 0. The van der Waals surface area contributed by atoms with Crippen LogP contribution in [0.1, 0.15) is 91.4 Å². The molecule has 0 aliphatic heterocycles. The zero-order valence-electron chi connectivity index (χ0n) is 29.1. The molecule has 2 unspecified atom stereocenters. The van der Waals surface area contributed by atoms with Crippen LogP contribution >= 0.6 is 0 Å². The van der Waals surface area contributed by atoms with Crippen molar-refractivity contribution in [3.8, 4) is 0 Å². The quantitative estimate of drug-likeness (QED) is 0.0686. The first-order valence-electron chi connectivity index (χ1n) is 16.6. The first-order chi connectivity index (χ1) is 20.7. The Kier molecular flexibility index (Phi) is 22.9. The average Bonchev–Trinajstić information content (AvgIpc) is 2.92. The Labute approximate surface area is 270 Å². The fourth-order valence-corrected chi connectivity index (χ4v) is 12.1. The highest BCUT2D eigenvalue weighted by molar-refractivity contribution is 6.84. The lowest BCUT2D eigenvalue weighted by atomic mass is 10.0. The van der Waals surface area contributed by atoms with E-state index < -0.39 is 28.8 Å². The number of urea groups is 1. The molecule has 0 heterocycles. The van der Waals surface area contributed by atoms with Gasteiger partial charge in [0, 0.05) is 31.7 Å². The zero-order valence-corrected chi connectivity index (χ0v) is 31.1. The Morgan fingerprint density at radius 3 is 1.52 bits per heavy atom. The van der Waals surface area contributed by atoms with E-state index in [4.69, 9.17) is 13.6 Å². The SMILES string of the molecule is BC(=C)NC(C)CCC(C)NC(=O)NCCCCCCNC(=O)OC[Si](C)(C)O[Si](C)(C)COC(=O)NCCCCCCC. The van der Waals surface area contributed by atoms with Crippen LogP contribution in [0.5, 0.6) is 0 Å². The fourth-order valence-electron chi connectivity index (χ4n) is 4.64. The summed E-state index contributed by atoms with van der Waals surface area (Å²) in [5.74, 6) is 0. The first kappa shape index (κ1) is 41.8. The van der Waals surface area contributed by atoms with Crippen molar-refractivity contribution in [3.05, 3.63) is 12.2 Å². The molecule has 0 fully saturated rings. The number of nitrogens with one attached hydrogen (secondary N) is 5. The molecule has 0 aromatic rings. The predicted octanol–water partition coefficient (Wildman–Crippen LogP) is 5.03. The van der Waals surface area contributed by atoms with Gasteiger partial charge in [0.25, 0.3) is 0 Å². The van der Waals surface area contributed by atoms with Crippen molar-refractivity contribution in [2.75, 3.05) is 32.1 Å². The van der Waals surface area contributed by atoms with Gasteiger partial charge in [0.2, 0.25) is 16.6 Å². The van der Waals surface area contributed by atoms with Crippen molar-refractivity contribution in [3.63, 3.8) is 0 Å². The van der Waals surface area contributed by atoms with Gasteiger partial charge in [-0.15, -0.1) is 0 Å². The molecule has 2 atom stereocenters. The molecule has 0 aliphatic carbocycles. The maximum absolute atomic E-state index is 12.2. The van der Waals surface area contributed by atoms with Gasteiger partial charge >= 0.3 is 18.2 Å². The van der Waals surface area contributed by atoms with Gasteiger partial charge in [-0.25, -0.2) is 14.4 Å². The van der Waals surface area contributed by atoms with Gasteiger partial charge < -0.3 is 40.2 Å². The van der Waals surface area contributed by atoms with Gasteiger partial charge in [0.05, 0.1) is 0 Å². The summed E-state index contributed by atoms with van der Waals surface area (Å²) in [6, 6.07) is 0.301. The number of hydrogen-bond acceptors (Lipinski definition) is 7. The highest BCUT2D eigenvalue weighted by Gasteiger charge is 2.35. The second kappa shape index (κ2) is 24.1. The van der Waals surface area contributed by atoms with Gasteiger partial charge in [0.15, 0.2) is 7.85 Å². The highest BCUT2D eigenvalue weighted by Crippen LogP contribution is 2.15. The Bertz CT molecular complexity index is 838. The van der Waals surface area contributed by atoms with Crippen molar-refractivity contribution >= 4 is 42.7 Å². The predicted molar refractivity (Wildman–Crippen MR) is 187 cm³/mol. The first-order valence-corrected chi connectivity index (χ1v) is 22.9. The molecule has 0 bridgehead atoms. The van der Waals surface area contributed by atoms with Crippen molar-refractivity contribution in [2.45, 2.75) is 130 Å². The number of unbranched alkanes of at least 4 members (excludes halogenated alkanes) is 7. The van der Waals surface area contributed by atoms with Crippen molar-refractivity contribution < 1.29 is 28.0 Å². The minimum Gasteiger partial charge on any atom is -0.451 e. The maximum atomic E-state index is 12.2. The van der Waals surface area contributed by atoms with Crippen LogP contribution in [0.4, 0.5) is 14.4 Å². The highest BCUT2D eigenvalue weighted by atomic mass is 28.4. The van der Waals surface area contributed by atoms with E-state index in [0.29, 0.717) is 25.7 Å². The van der Waals surface area contributed by atoms with E-state index >= 15 is 0 Å². The second-order valence-corrected chi connectivity index (χ2v) is 21.6. The lowest BCUT2D eigenvalue weighted by Gasteiger charge is -2.32. The van der Waals surface area contributed by atoms with Gasteiger partial charge in [-0.05, 0) is 77.7 Å². The van der Waals surface area contributed by atoms with Gasteiger partial charge in [0.1, 0.15) is 12.5 Å². The monoisotopic (exact) mass is 657 g/mol. The van der Waals surface area contributed by atoms with E-state index in [1.807, 2.05) is 41.0 Å². The molecule has 4 amide bonds. The Morgan fingerprint density at radius 1 is 0.682 bits per heavy atom. The number of ether oxygens (including phenoxy) is 2. The molecule has 11 nitrogen and oxygen atoms in total. The third kappa shape index (κ3) is 26.2. The standard InChI is InChI=1S/C30H64BN5O6Si2/c1-9-10-11-12-16-21-33-29(38)40-23-43(5,6)42-44(7,8)24-41-30(39)34-22-17-14-13-15-20-32-28(37)36-26(3)19-18-25(2)35-27(4)31/h25-26,35H,4,9-24,31H2,1-3,5-8H3,(H,33,38)(H,34,39)(H2,32,36,37). The number of amides is 4. The Balaban J connectivity index is 3.93. The average molecular weight is 658 g/mol. The summed E-state index contributed by atoms with van der Waals surface area (Å²) in [4.78, 5) is 36.3. The maximum Gasteiger partial charge on any atom is 0.406 e. The number of carbonyl (C=O) groups excluding carboxylic acids is 3. The van der Waals surface area contributed by atoms with Crippen molar-refractivity contribution in [2.24, 2.45) is 0 Å². The number of hydrogen-bond donors (Lipinski definition) is 5. The van der Waals surface area contributed by atoms with Crippen molar-refractivity contribution in [1.29, 1.82) is 0 Å². The summed E-state index contributed by atoms with van der Waals surface area (Å²) in [6.45, 7) is 20.0. The van der Waals surface area contributed by atoms with E-state index in [9.17, 15) is 14.4 Å². The molecule has 0 rings (SSSR count). The zero-order chi connectivity index (χ0) is 33.4. The summed E-state index contributed by atoms with van der Waals surface area (Å²) in [5.41, 5.74) is 0.953. The summed E-state index contributed by atoms with van der Waals surface area (Å²) < 4.78 is 17.2. The number of alkyl carbamates (subject to hydrolysis) is 2. The van der Waals surface area contributed by atoms with Crippen LogP contribution in [-0.2, 0) is 13.6 Å². The van der Waals surface area contributed by atoms with E-state index in [0.717, 1.165) is 57.0 Å². The molecule has 0 aromatic heterocycles. The molecule has 0 radical (unpaired) electrons. The molecule has 0 aromatic carbocycles. The minimum absolute atomic E-state index is 0.102. The molecular formula is C30H64BN5O6Si2. The normalized spacial score (nSPS) is 12.9. The lowest BCUT2D eigenvalue weighted by Crippen LogP contribution is -2.51. The van der Waals surface area contributed by atoms with E-state index in [2.05, 4.69) is 47.0 Å². The largest absolute Gasteiger partial charge is 0.451 e. The van der Waals surface area contributed by atoms with Crippen molar-refractivity contribution in [1.82, 2.24) is 26.6 Å². The summed E-state index contributed by atoms with van der Waals surface area (Å²) in [5, 5.41) is 14.8. The number of rotatable bonds is 25. The molecule has 44 heavy (non-hydrogen) atoms. The van der Waals surface area contributed by atoms with Gasteiger partial charge in [-0.3, -0.25) is 0 Å². The molecule has 0 spiro atoms. The van der Waals surface area contributed by atoms with E-state index in [1.165, 1.54) is 19.3 Å². The molecule has 0 saturated carbocycles. The number of carbonyl (C=O) groups is 3. The Hall–Kier alpha value is -2.19. The summed E-state index contributed by atoms with van der Waals surface area (Å²) in [6.07, 6.45) is 10.8. The topological polar surface area (TPSA) is 139 Å².